The van der Waals surface area contributed by atoms with Crippen LogP contribution in [0.15, 0.2) is 30.3 Å². The molecule has 0 aliphatic rings. The zero-order chi connectivity index (χ0) is 17.1. The highest BCUT2D eigenvalue weighted by molar-refractivity contribution is 7.15. The monoisotopic (exact) mass is 345 g/mol. The third-order valence-electron chi connectivity index (χ3n) is 3.42. The molecule has 0 fully saturated rings. The number of anilines is 1. The average Bonchev–Trinajstić information content (AvgIpc) is 3.15. The molecule has 0 unspecified atom stereocenters. The zero-order valence-corrected chi connectivity index (χ0v) is 14.1. The lowest BCUT2D eigenvalue weighted by Crippen LogP contribution is -2.17. The van der Waals surface area contributed by atoms with Gasteiger partial charge in [-0.2, -0.15) is 5.10 Å². The maximum atomic E-state index is 13.7. The van der Waals surface area contributed by atoms with E-state index in [0.717, 1.165) is 5.69 Å². The molecule has 0 aliphatic carbocycles. The van der Waals surface area contributed by atoms with Crippen LogP contribution < -0.4 is 5.32 Å². The largest absolute Gasteiger partial charge is 0.295 e. The predicted octanol–water partition coefficient (Wildman–Crippen LogP) is 3.05. The van der Waals surface area contributed by atoms with Crippen LogP contribution >= 0.6 is 11.3 Å². The topological polar surface area (TPSA) is 72.7 Å². The Labute approximate surface area is 142 Å². The summed E-state index contributed by atoms with van der Waals surface area (Å²) in [5.41, 5.74) is 1.80. The minimum absolute atomic E-state index is 0.277. The molecule has 1 aromatic carbocycles. The molecule has 24 heavy (non-hydrogen) atoms. The Hall–Kier alpha value is -2.61. The highest BCUT2D eigenvalue weighted by Gasteiger charge is 2.16. The van der Waals surface area contributed by atoms with Gasteiger partial charge in [-0.3, -0.25) is 14.8 Å². The summed E-state index contributed by atoms with van der Waals surface area (Å²) in [5, 5.41) is 15.9. The average molecular weight is 345 g/mol. The van der Waals surface area contributed by atoms with Crippen molar-refractivity contribution >= 4 is 22.4 Å². The fourth-order valence-corrected chi connectivity index (χ4v) is 3.07. The Morgan fingerprint density at radius 3 is 2.88 bits per heavy atom. The normalized spacial score (nSPS) is 10.8. The van der Waals surface area contributed by atoms with E-state index in [0.29, 0.717) is 34.4 Å². The molecule has 2 aromatic heterocycles. The predicted molar refractivity (Wildman–Crippen MR) is 89.7 cm³/mol. The lowest BCUT2D eigenvalue weighted by Gasteiger charge is -2.03. The molecule has 0 bridgehead atoms. The van der Waals surface area contributed by atoms with Crippen molar-refractivity contribution in [1.29, 1.82) is 0 Å². The molecule has 8 heteroatoms. The van der Waals surface area contributed by atoms with E-state index in [4.69, 9.17) is 0 Å². The second kappa shape index (κ2) is 6.88. The van der Waals surface area contributed by atoms with Gasteiger partial charge in [0.1, 0.15) is 16.5 Å². The van der Waals surface area contributed by atoms with Crippen LogP contribution in [-0.4, -0.2) is 25.9 Å². The standard InChI is InChI=1S/C16H16FN5OS/c1-3-22-13(8-10(2)21-22)15(23)18-16-20-19-14(24-16)9-11-6-4-5-7-12(11)17/h4-8H,3,9H2,1-2H3,(H,18,20,23). The second-order valence-corrected chi connectivity index (χ2v) is 6.27. The number of benzene rings is 1. The van der Waals surface area contributed by atoms with E-state index in [2.05, 4.69) is 20.6 Å². The van der Waals surface area contributed by atoms with Gasteiger partial charge in [0.05, 0.1) is 5.69 Å². The van der Waals surface area contributed by atoms with E-state index in [1.807, 2.05) is 13.8 Å². The van der Waals surface area contributed by atoms with E-state index in [9.17, 15) is 9.18 Å². The summed E-state index contributed by atoms with van der Waals surface area (Å²) in [6.07, 6.45) is 0.339. The minimum Gasteiger partial charge on any atom is -0.295 e. The summed E-state index contributed by atoms with van der Waals surface area (Å²) in [6, 6.07) is 8.25. The van der Waals surface area contributed by atoms with Crippen LogP contribution in [0, 0.1) is 12.7 Å². The maximum Gasteiger partial charge on any atom is 0.275 e. The molecular weight excluding hydrogens is 329 g/mol. The van der Waals surface area contributed by atoms with Gasteiger partial charge in [-0.1, -0.05) is 29.5 Å². The number of aryl methyl sites for hydroxylation is 2. The number of halogens is 1. The molecule has 124 valence electrons. The molecule has 1 N–H and O–H groups in total. The minimum atomic E-state index is -0.286. The van der Waals surface area contributed by atoms with Crippen molar-refractivity contribution in [2.24, 2.45) is 0 Å². The SMILES string of the molecule is CCn1nc(C)cc1C(=O)Nc1nnc(Cc2ccccc2F)s1. The first kappa shape index (κ1) is 16.3. The molecule has 3 rings (SSSR count). The van der Waals surface area contributed by atoms with E-state index in [1.165, 1.54) is 17.4 Å². The van der Waals surface area contributed by atoms with Gasteiger partial charge in [-0.25, -0.2) is 4.39 Å². The molecule has 6 nitrogen and oxygen atoms in total. The lowest BCUT2D eigenvalue weighted by molar-refractivity contribution is 0.101. The van der Waals surface area contributed by atoms with Crippen LogP contribution in [-0.2, 0) is 13.0 Å². The Kier molecular flexibility index (Phi) is 4.66. The molecule has 0 aliphatic heterocycles. The zero-order valence-electron chi connectivity index (χ0n) is 13.3. The van der Waals surface area contributed by atoms with Crippen molar-refractivity contribution in [3.05, 3.63) is 58.1 Å². The number of carbonyl (C=O) groups excluding carboxylic acids is 1. The van der Waals surface area contributed by atoms with Gasteiger partial charge in [0.2, 0.25) is 5.13 Å². The molecule has 2 heterocycles. The Morgan fingerprint density at radius 1 is 1.33 bits per heavy atom. The molecule has 0 saturated carbocycles. The molecular formula is C16H16FN5OS. The lowest BCUT2D eigenvalue weighted by atomic mass is 10.1. The Balaban J connectivity index is 1.72. The number of hydrogen-bond acceptors (Lipinski definition) is 5. The van der Waals surface area contributed by atoms with Crippen molar-refractivity contribution in [3.63, 3.8) is 0 Å². The smallest absolute Gasteiger partial charge is 0.275 e. The van der Waals surface area contributed by atoms with Gasteiger partial charge in [-0.05, 0) is 31.5 Å². The van der Waals surface area contributed by atoms with E-state index in [1.54, 1.807) is 28.9 Å². The molecule has 0 spiro atoms. The van der Waals surface area contributed by atoms with Crippen molar-refractivity contribution in [2.45, 2.75) is 26.8 Å². The van der Waals surface area contributed by atoms with Gasteiger partial charge in [0, 0.05) is 13.0 Å². The van der Waals surface area contributed by atoms with Gasteiger partial charge in [-0.15, -0.1) is 10.2 Å². The van der Waals surface area contributed by atoms with Crippen LogP contribution in [0.1, 0.15) is 33.7 Å². The fraction of sp³-hybridized carbons (Fsp3) is 0.250. The van der Waals surface area contributed by atoms with Crippen LogP contribution in [0.5, 0.6) is 0 Å². The van der Waals surface area contributed by atoms with Gasteiger partial charge < -0.3 is 0 Å². The Bertz CT molecular complexity index is 873. The number of nitrogens with one attached hydrogen (secondary N) is 1. The number of hydrogen-bond donors (Lipinski definition) is 1. The highest BCUT2D eigenvalue weighted by Crippen LogP contribution is 2.20. The third-order valence-corrected chi connectivity index (χ3v) is 4.26. The van der Waals surface area contributed by atoms with Gasteiger partial charge in [0.15, 0.2) is 0 Å². The summed E-state index contributed by atoms with van der Waals surface area (Å²) in [6.45, 7) is 4.35. The number of nitrogens with zero attached hydrogens (tertiary/aromatic N) is 4. The molecule has 1 amide bonds. The summed E-state index contributed by atoms with van der Waals surface area (Å²) >= 11 is 1.23. The number of aromatic nitrogens is 4. The summed E-state index contributed by atoms with van der Waals surface area (Å²) < 4.78 is 15.3. The summed E-state index contributed by atoms with van der Waals surface area (Å²) in [4.78, 5) is 12.3. The fourth-order valence-electron chi connectivity index (χ4n) is 2.31. The van der Waals surface area contributed by atoms with Crippen molar-refractivity contribution in [2.75, 3.05) is 5.32 Å². The van der Waals surface area contributed by atoms with Crippen LogP contribution in [0.3, 0.4) is 0 Å². The first-order valence-corrected chi connectivity index (χ1v) is 8.30. The van der Waals surface area contributed by atoms with E-state index >= 15 is 0 Å². The number of rotatable bonds is 5. The van der Waals surface area contributed by atoms with Crippen molar-refractivity contribution < 1.29 is 9.18 Å². The third kappa shape index (κ3) is 3.48. The number of carbonyl (C=O) groups is 1. The summed E-state index contributed by atoms with van der Waals surface area (Å²) in [5.74, 6) is -0.563. The van der Waals surface area contributed by atoms with Crippen LogP contribution in [0.2, 0.25) is 0 Å². The van der Waals surface area contributed by atoms with E-state index in [-0.39, 0.29) is 11.7 Å². The Morgan fingerprint density at radius 2 is 2.12 bits per heavy atom. The molecule has 0 radical (unpaired) electrons. The number of amides is 1. The first-order valence-electron chi connectivity index (χ1n) is 7.48. The highest BCUT2D eigenvalue weighted by atomic mass is 32.1. The molecule has 3 aromatic rings. The first-order chi connectivity index (χ1) is 11.6. The van der Waals surface area contributed by atoms with Gasteiger partial charge >= 0.3 is 0 Å². The molecule has 0 atom stereocenters. The van der Waals surface area contributed by atoms with Crippen molar-refractivity contribution in [1.82, 2.24) is 20.0 Å². The van der Waals surface area contributed by atoms with Crippen LogP contribution in [0.25, 0.3) is 0 Å². The van der Waals surface area contributed by atoms with E-state index < -0.39 is 0 Å². The quantitative estimate of drug-likeness (QED) is 0.771. The summed E-state index contributed by atoms with van der Waals surface area (Å²) in [7, 11) is 0. The van der Waals surface area contributed by atoms with Crippen LogP contribution in [0.4, 0.5) is 9.52 Å². The van der Waals surface area contributed by atoms with Crippen molar-refractivity contribution in [3.8, 4) is 0 Å². The molecule has 0 saturated heterocycles. The van der Waals surface area contributed by atoms with Gasteiger partial charge in [0.25, 0.3) is 5.91 Å². The second-order valence-electron chi connectivity index (χ2n) is 5.21. The maximum absolute atomic E-state index is 13.7.